The Morgan fingerprint density at radius 3 is 3.00 bits per heavy atom. The van der Waals surface area contributed by atoms with E-state index in [4.69, 9.17) is 4.74 Å². The molecular weight excluding hydrogens is 240 g/mol. The van der Waals surface area contributed by atoms with Crippen molar-refractivity contribution in [3.8, 4) is 0 Å². The molecule has 0 aliphatic carbocycles. The molecule has 0 aromatic carbocycles. The Labute approximate surface area is 115 Å². The van der Waals surface area contributed by atoms with Crippen LogP contribution in [-0.4, -0.2) is 40.1 Å². The summed E-state index contributed by atoms with van der Waals surface area (Å²) in [5, 5.41) is 7.91. The highest BCUT2D eigenvalue weighted by Gasteiger charge is 2.32. The van der Waals surface area contributed by atoms with Gasteiger partial charge in [0.05, 0.1) is 6.10 Å². The average Bonchev–Trinajstić information content (AvgIpc) is 2.99. The minimum absolute atomic E-state index is 0.339. The molecule has 1 aliphatic rings. The third kappa shape index (κ3) is 3.54. The molecule has 2 rings (SSSR count). The normalized spacial score (nSPS) is 24.8. The van der Waals surface area contributed by atoms with Crippen molar-refractivity contribution >= 4 is 0 Å². The van der Waals surface area contributed by atoms with Gasteiger partial charge < -0.3 is 10.1 Å². The molecule has 0 bridgehead atoms. The van der Waals surface area contributed by atoms with Crippen molar-refractivity contribution in [3.63, 3.8) is 0 Å². The van der Waals surface area contributed by atoms with E-state index in [1.54, 1.807) is 6.33 Å². The van der Waals surface area contributed by atoms with E-state index in [0.717, 1.165) is 44.8 Å². The molecule has 19 heavy (non-hydrogen) atoms. The van der Waals surface area contributed by atoms with Crippen LogP contribution in [0.15, 0.2) is 6.33 Å². The Bertz CT molecular complexity index is 379. The summed E-state index contributed by atoms with van der Waals surface area (Å²) >= 11 is 0. The number of nitrogens with one attached hydrogen (secondary N) is 1. The Morgan fingerprint density at radius 2 is 2.37 bits per heavy atom. The van der Waals surface area contributed by atoms with Gasteiger partial charge in [0.25, 0.3) is 0 Å². The van der Waals surface area contributed by atoms with Crippen molar-refractivity contribution in [2.45, 2.75) is 58.7 Å². The van der Waals surface area contributed by atoms with E-state index in [0.29, 0.717) is 18.1 Å². The number of hydrogen-bond acceptors (Lipinski definition) is 4. The lowest BCUT2D eigenvalue weighted by molar-refractivity contribution is 0.0952. The molecule has 5 heteroatoms. The Hall–Kier alpha value is -0.940. The molecule has 3 atom stereocenters. The van der Waals surface area contributed by atoms with Crippen molar-refractivity contribution in [1.29, 1.82) is 0 Å². The molecule has 3 unspecified atom stereocenters. The average molecular weight is 266 g/mol. The van der Waals surface area contributed by atoms with Crippen LogP contribution in [0.25, 0.3) is 0 Å². The van der Waals surface area contributed by atoms with Gasteiger partial charge in [0.2, 0.25) is 0 Å². The maximum atomic E-state index is 5.71. The molecule has 1 saturated heterocycles. The zero-order chi connectivity index (χ0) is 13.7. The standard InChI is InChI=1S/C14H26N4O/c1-4-7-18-14(16-10-17-18)9-13(15-5-2)12-6-8-19-11(12)3/h10-13,15H,4-9H2,1-3H3. The van der Waals surface area contributed by atoms with Crippen LogP contribution >= 0.6 is 0 Å². The number of hydrogen-bond donors (Lipinski definition) is 1. The highest BCUT2D eigenvalue weighted by molar-refractivity contribution is 4.95. The number of likely N-dealkylation sites (N-methyl/N-ethyl adjacent to an activating group) is 1. The predicted molar refractivity (Wildman–Crippen MR) is 75.0 cm³/mol. The van der Waals surface area contributed by atoms with Crippen LogP contribution in [0, 0.1) is 5.92 Å². The number of ether oxygens (including phenoxy) is 1. The fourth-order valence-corrected chi connectivity index (χ4v) is 2.96. The number of rotatable bonds is 7. The lowest BCUT2D eigenvalue weighted by Gasteiger charge is -2.26. The molecule has 0 saturated carbocycles. The van der Waals surface area contributed by atoms with Crippen molar-refractivity contribution in [2.24, 2.45) is 5.92 Å². The predicted octanol–water partition coefficient (Wildman–Crippen LogP) is 1.63. The summed E-state index contributed by atoms with van der Waals surface area (Å²) < 4.78 is 7.74. The highest BCUT2D eigenvalue weighted by atomic mass is 16.5. The fourth-order valence-electron chi connectivity index (χ4n) is 2.96. The molecule has 0 spiro atoms. The fraction of sp³-hybridized carbons (Fsp3) is 0.857. The highest BCUT2D eigenvalue weighted by Crippen LogP contribution is 2.25. The van der Waals surface area contributed by atoms with Crippen molar-refractivity contribution in [1.82, 2.24) is 20.1 Å². The molecular formula is C14H26N4O. The first kappa shape index (κ1) is 14.5. The van der Waals surface area contributed by atoms with Gasteiger partial charge in [-0.05, 0) is 26.3 Å². The second-order valence-corrected chi connectivity index (χ2v) is 5.30. The monoisotopic (exact) mass is 266 g/mol. The lowest BCUT2D eigenvalue weighted by atomic mass is 9.91. The number of aromatic nitrogens is 3. The van der Waals surface area contributed by atoms with Crippen LogP contribution in [0.1, 0.15) is 39.4 Å². The van der Waals surface area contributed by atoms with Crippen molar-refractivity contribution in [2.75, 3.05) is 13.2 Å². The number of nitrogens with zero attached hydrogens (tertiary/aromatic N) is 3. The van der Waals surface area contributed by atoms with Gasteiger partial charge in [-0.1, -0.05) is 13.8 Å². The second-order valence-electron chi connectivity index (χ2n) is 5.30. The van der Waals surface area contributed by atoms with Crippen LogP contribution in [0.2, 0.25) is 0 Å². The zero-order valence-electron chi connectivity index (χ0n) is 12.3. The topological polar surface area (TPSA) is 52.0 Å². The third-order valence-corrected chi connectivity index (χ3v) is 3.95. The third-order valence-electron chi connectivity index (χ3n) is 3.95. The summed E-state index contributed by atoms with van der Waals surface area (Å²) in [6, 6.07) is 0.433. The Kier molecular flexibility index (Phi) is 5.34. The SMILES string of the molecule is CCCn1ncnc1CC(NCC)C1CCOC1C. The summed E-state index contributed by atoms with van der Waals surface area (Å²) in [6.45, 7) is 9.32. The molecule has 5 nitrogen and oxygen atoms in total. The van der Waals surface area contributed by atoms with Crippen LogP contribution < -0.4 is 5.32 Å². The van der Waals surface area contributed by atoms with E-state index in [2.05, 4.69) is 36.2 Å². The van der Waals surface area contributed by atoms with Gasteiger partial charge in [-0.3, -0.25) is 4.68 Å². The largest absolute Gasteiger partial charge is 0.378 e. The van der Waals surface area contributed by atoms with Gasteiger partial charge in [-0.2, -0.15) is 5.10 Å². The summed E-state index contributed by atoms with van der Waals surface area (Å²) in [5.74, 6) is 1.67. The van der Waals surface area contributed by atoms with E-state index in [-0.39, 0.29) is 0 Å². The first-order valence-corrected chi connectivity index (χ1v) is 7.47. The smallest absolute Gasteiger partial charge is 0.138 e. The van der Waals surface area contributed by atoms with E-state index >= 15 is 0 Å². The molecule has 1 aromatic heterocycles. The summed E-state index contributed by atoms with van der Waals surface area (Å²) in [7, 11) is 0. The van der Waals surface area contributed by atoms with Gasteiger partial charge in [-0.15, -0.1) is 0 Å². The Morgan fingerprint density at radius 1 is 1.53 bits per heavy atom. The zero-order valence-corrected chi connectivity index (χ0v) is 12.3. The van der Waals surface area contributed by atoms with Crippen molar-refractivity contribution in [3.05, 3.63) is 12.2 Å². The van der Waals surface area contributed by atoms with Crippen molar-refractivity contribution < 1.29 is 4.74 Å². The second kappa shape index (κ2) is 7.01. The first-order chi connectivity index (χ1) is 9.26. The molecule has 0 amide bonds. The van der Waals surface area contributed by atoms with Crippen LogP contribution in [0.4, 0.5) is 0 Å². The molecule has 1 N–H and O–H groups in total. The quantitative estimate of drug-likeness (QED) is 0.815. The van der Waals surface area contributed by atoms with Crippen LogP contribution in [0.3, 0.4) is 0 Å². The summed E-state index contributed by atoms with van der Waals surface area (Å²) in [4.78, 5) is 4.42. The van der Waals surface area contributed by atoms with Gasteiger partial charge in [-0.25, -0.2) is 4.98 Å². The van der Waals surface area contributed by atoms with E-state index in [1.165, 1.54) is 0 Å². The van der Waals surface area contributed by atoms with Gasteiger partial charge in [0.1, 0.15) is 12.2 Å². The van der Waals surface area contributed by atoms with Gasteiger partial charge >= 0.3 is 0 Å². The minimum Gasteiger partial charge on any atom is -0.378 e. The van der Waals surface area contributed by atoms with E-state index < -0.39 is 0 Å². The molecule has 1 aromatic rings. The maximum Gasteiger partial charge on any atom is 0.138 e. The summed E-state index contributed by atoms with van der Waals surface area (Å²) in [5.41, 5.74) is 0. The van der Waals surface area contributed by atoms with Crippen LogP contribution in [-0.2, 0) is 17.7 Å². The van der Waals surface area contributed by atoms with Gasteiger partial charge in [0.15, 0.2) is 0 Å². The van der Waals surface area contributed by atoms with Crippen LogP contribution in [0.5, 0.6) is 0 Å². The molecule has 0 radical (unpaired) electrons. The van der Waals surface area contributed by atoms with Gasteiger partial charge in [0, 0.05) is 31.5 Å². The lowest BCUT2D eigenvalue weighted by Crippen LogP contribution is -2.41. The minimum atomic E-state index is 0.339. The maximum absolute atomic E-state index is 5.71. The summed E-state index contributed by atoms with van der Waals surface area (Å²) in [6.07, 6.45) is 5.17. The molecule has 2 heterocycles. The van der Waals surface area contributed by atoms with E-state index in [1.807, 2.05) is 4.68 Å². The molecule has 1 fully saturated rings. The first-order valence-electron chi connectivity index (χ1n) is 7.47. The number of aryl methyl sites for hydroxylation is 1. The van der Waals surface area contributed by atoms with E-state index in [9.17, 15) is 0 Å². The molecule has 108 valence electrons. The Balaban J connectivity index is 2.05. The molecule has 1 aliphatic heterocycles.